The van der Waals surface area contributed by atoms with E-state index in [-0.39, 0.29) is 0 Å². The first-order chi connectivity index (χ1) is 6.20. The molecule has 72 valence electrons. The Balaban J connectivity index is 3.12. The second-order valence-electron chi connectivity index (χ2n) is 3.81. The summed E-state index contributed by atoms with van der Waals surface area (Å²) >= 11 is 0. The minimum absolute atomic E-state index is 0.704. The van der Waals surface area contributed by atoms with E-state index in [2.05, 4.69) is 45.9 Å². The molecule has 1 unspecified atom stereocenters. The van der Waals surface area contributed by atoms with Gasteiger partial charge in [-0.05, 0) is 42.4 Å². The molecule has 0 radical (unpaired) electrons. The Morgan fingerprint density at radius 2 is 1.92 bits per heavy atom. The van der Waals surface area contributed by atoms with Gasteiger partial charge in [-0.25, -0.2) is 0 Å². The van der Waals surface area contributed by atoms with Crippen LogP contribution in [0.3, 0.4) is 0 Å². The SMILES string of the molecule is CCc1c(C)cccc1C(C)CC. The van der Waals surface area contributed by atoms with Gasteiger partial charge in [0.25, 0.3) is 0 Å². The number of hydrogen-bond acceptors (Lipinski definition) is 0. The summed E-state index contributed by atoms with van der Waals surface area (Å²) in [6.07, 6.45) is 2.39. The molecule has 0 nitrogen and oxygen atoms in total. The van der Waals surface area contributed by atoms with Crippen molar-refractivity contribution in [3.8, 4) is 0 Å². The minimum Gasteiger partial charge on any atom is -0.0648 e. The van der Waals surface area contributed by atoms with Crippen molar-refractivity contribution in [1.29, 1.82) is 0 Å². The van der Waals surface area contributed by atoms with Gasteiger partial charge in [-0.2, -0.15) is 0 Å². The van der Waals surface area contributed by atoms with E-state index in [0.717, 1.165) is 6.42 Å². The van der Waals surface area contributed by atoms with E-state index >= 15 is 0 Å². The standard InChI is InChI=1S/C13H20/c1-5-10(3)13-9-7-8-11(4)12(13)6-2/h7-10H,5-6H2,1-4H3. The maximum absolute atomic E-state index is 2.31. The molecule has 0 amide bonds. The van der Waals surface area contributed by atoms with Crippen LogP contribution in [0.1, 0.15) is 49.8 Å². The van der Waals surface area contributed by atoms with Crippen LogP contribution < -0.4 is 0 Å². The molecule has 0 heterocycles. The molecule has 0 aliphatic rings. The summed E-state index contributed by atoms with van der Waals surface area (Å²) in [5, 5.41) is 0. The zero-order chi connectivity index (χ0) is 9.84. The van der Waals surface area contributed by atoms with Crippen molar-refractivity contribution in [1.82, 2.24) is 0 Å². The Morgan fingerprint density at radius 1 is 1.23 bits per heavy atom. The van der Waals surface area contributed by atoms with Gasteiger partial charge in [-0.15, -0.1) is 0 Å². The van der Waals surface area contributed by atoms with Crippen molar-refractivity contribution in [2.45, 2.75) is 46.5 Å². The van der Waals surface area contributed by atoms with E-state index in [1.54, 1.807) is 11.1 Å². The van der Waals surface area contributed by atoms with Crippen LogP contribution in [0.2, 0.25) is 0 Å². The third kappa shape index (κ3) is 2.12. The maximum Gasteiger partial charge on any atom is -0.0190 e. The third-order valence-corrected chi connectivity index (χ3v) is 2.94. The summed E-state index contributed by atoms with van der Waals surface area (Å²) in [5.74, 6) is 0.704. The Bertz CT molecular complexity index is 273. The van der Waals surface area contributed by atoms with Crippen molar-refractivity contribution in [3.05, 3.63) is 34.9 Å². The predicted molar refractivity (Wildman–Crippen MR) is 59.3 cm³/mol. The first-order valence-electron chi connectivity index (χ1n) is 5.29. The summed E-state index contributed by atoms with van der Waals surface area (Å²) in [7, 11) is 0. The van der Waals surface area contributed by atoms with E-state index in [0.29, 0.717) is 5.92 Å². The van der Waals surface area contributed by atoms with Gasteiger partial charge >= 0.3 is 0 Å². The molecule has 1 atom stereocenters. The van der Waals surface area contributed by atoms with Crippen molar-refractivity contribution in [2.75, 3.05) is 0 Å². The van der Waals surface area contributed by atoms with Crippen LogP contribution in [0.5, 0.6) is 0 Å². The van der Waals surface area contributed by atoms with Gasteiger partial charge in [0.15, 0.2) is 0 Å². The van der Waals surface area contributed by atoms with Crippen LogP contribution >= 0.6 is 0 Å². The van der Waals surface area contributed by atoms with Crippen LogP contribution in [0, 0.1) is 6.92 Å². The molecule has 0 aromatic heterocycles. The van der Waals surface area contributed by atoms with Gasteiger partial charge in [0, 0.05) is 0 Å². The molecule has 0 fully saturated rings. The molecular weight excluding hydrogens is 156 g/mol. The lowest BCUT2D eigenvalue weighted by atomic mass is 9.90. The highest BCUT2D eigenvalue weighted by Crippen LogP contribution is 2.25. The monoisotopic (exact) mass is 176 g/mol. The largest absolute Gasteiger partial charge is 0.0648 e. The molecule has 0 aliphatic heterocycles. The van der Waals surface area contributed by atoms with E-state index in [1.165, 1.54) is 12.0 Å². The summed E-state index contributed by atoms with van der Waals surface area (Å²) in [6, 6.07) is 6.67. The molecule has 1 aromatic rings. The summed E-state index contributed by atoms with van der Waals surface area (Å²) in [4.78, 5) is 0. The zero-order valence-corrected chi connectivity index (χ0v) is 9.22. The highest BCUT2D eigenvalue weighted by molar-refractivity contribution is 5.36. The van der Waals surface area contributed by atoms with E-state index in [9.17, 15) is 0 Å². The third-order valence-electron chi connectivity index (χ3n) is 2.94. The fourth-order valence-electron chi connectivity index (χ4n) is 1.89. The van der Waals surface area contributed by atoms with Crippen molar-refractivity contribution in [2.24, 2.45) is 0 Å². The quantitative estimate of drug-likeness (QED) is 0.651. The smallest absolute Gasteiger partial charge is 0.0190 e. The summed E-state index contributed by atoms with van der Waals surface area (Å²) in [6.45, 7) is 9.03. The van der Waals surface area contributed by atoms with Crippen LogP contribution in [0.4, 0.5) is 0 Å². The zero-order valence-electron chi connectivity index (χ0n) is 9.22. The van der Waals surface area contributed by atoms with Crippen molar-refractivity contribution in [3.63, 3.8) is 0 Å². The molecule has 0 N–H and O–H groups in total. The average Bonchev–Trinajstić information content (AvgIpc) is 2.16. The topological polar surface area (TPSA) is 0 Å². The Hall–Kier alpha value is -0.780. The molecule has 0 saturated carbocycles. The van der Waals surface area contributed by atoms with Crippen molar-refractivity contribution >= 4 is 0 Å². The first-order valence-corrected chi connectivity index (χ1v) is 5.29. The van der Waals surface area contributed by atoms with Gasteiger partial charge in [-0.1, -0.05) is 39.0 Å². The van der Waals surface area contributed by atoms with E-state index in [1.807, 2.05) is 0 Å². The molecule has 0 heteroatoms. The number of benzene rings is 1. The van der Waals surface area contributed by atoms with Gasteiger partial charge in [0.2, 0.25) is 0 Å². The lowest BCUT2D eigenvalue weighted by Gasteiger charge is -2.15. The van der Waals surface area contributed by atoms with Gasteiger partial charge in [0.05, 0.1) is 0 Å². The molecule has 0 spiro atoms. The lowest BCUT2D eigenvalue weighted by molar-refractivity contribution is 0.722. The minimum atomic E-state index is 0.704. The van der Waals surface area contributed by atoms with Gasteiger partial charge in [-0.3, -0.25) is 0 Å². The lowest BCUT2D eigenvalue weighted by Crippen LogP contribution is -1.99. The van der Waals surface area contributed by atoms with Crippen LogP contribution in [-0.2, 0) is 6.42 Å². The molecular formula is C13H20. The molecule has 1 rings (SSSR count). The van der Waals surface area contributed by atoms with Crippen molar-refractivity contribution < 1.29 is 0 Å². The molecule has 1 aromatic carbocycles. The molecule has 13 heavy (non-hydrogen) atoms. The number of rotatable bonds is 3. The fraction of sp³-hybridized carbons (Fsp3) is 0.538. The van der Waals surface area contributed by atoms with Gasteiger partial charge in [0.1, 0.15) is 0 Å². The van der Waals surface area contributed by atoms with E-state index < -0.39 is 0 Å². The first kappa shape index (κ1) is 10.3. The number of hydrogen-bond donors (Lipinski definition) is 0. The fourth-order valence-corrected chi connectivity index (χ4v) is 1.89. The number of aryl methyl sites for hydroxylation is 1. The maximum atomic E-state index is 2.31. The molecule has 0 bridgehead atoms. The summed E-state index contributed by atoms with van der Waals surface area (Å²) in [5.41, 5.74) is 4.54. The average molecular weight is 176 g/mol. The van der Waals surface area contributed by atoms with Crippen LogP contribution in [-0.4, -0.2) is 0 Å². The second kappa shape index (κ2) is 4.45. The Kier molecular flexibility index (Phi) is 3.53. The van der Waals surface area contributed by atoms with Gasteiger partial charge < -0.3 is 0 Å². The molecule has 0 aliphatic carbocycles. The second-order valence-corrected chi connectivity index (χ2v) is 3.81. The predicted octanol–water partition coefficient (Wildman–Crippen LogP) is 4.07. The summed E-state index contributed by atoms with van der Waals surface area (Å²) < 4.78 is 0. The molecule has 0 saturated heterocycles. The highest BCUT2D eigenvalue weighted by atomic mass is 14.1. The van der Waals surface area contributed by atoms with E-state index in [4.69, 9.17) is 0 Å². The highest BCUT2D eigenvalue weighted by Gasteiger charge is 2.08. The Morgan fingerprint density at radius 3 is 2.46 bits per heavy atom. The Labute approximate surface area is 82.0 Å². The normalized spacial score (nSPS) is 12.9. The van der Waals surface area contributed by atoms with Crippen LogP contribution in [0.25, 0.3) is 0 Å². The van der Waals surface area contributed by atoms with Crippen LogP contribution in [0.15, 0.2) is 18.2 Å².